The molecule has 7 heteroatoms. The Hall–Kier alpha value is -2.22. The zero-order valence-electron chi connectivity index (χ0n) is 33.4. The lowest BCUT2D eigenvalue weighted by Crippen LogP contribution is -2.46. The number of hydrogen-bond donors (Lipinski definition) is 3. The average molecular weight is 746 g/mol. The van der Waals surface area contributed by atoms with Crippen molar-refractivity contribution in [2.24, 2.45) is 0 Å². The minimum absolute atomic E-state index is 0.272. The summed E-state index contributed by atoms with van der Waals surface area (Å²) in [6, 6.07) is -1.09. The molecule has 0 aliphatic heterocycles. The molecule has 0 aromatic heterocycles. The molecule has 0 aliphatic rings. The van der Waals surface area contributed by atoms with Crippen LogP contribution in [0.1, 0.15) is 187 Å². The third kappa shape index (κ3) is 39.0. The summed E-state index contributed by atoms with van der Waals surface area (Å²) in [6.07, 6.45) is 54.6. The Morgan fingerprint density at radius 1 is 0.519 bits per heavy atom. The Bertz CT molecular complexity index is 1090. The van der Waals surface area contributed by atoms with E-state index in [-0.39, 0.29) is 12.3 Å². The van der Waals surface area contributed by atoms with Crippen LogP contribution in [0.25, 0.3) is 0 Å². The molecule has 0 aromatic carbocycles. The maximum Gasteiger partial charge on any atom is 0.267 e. The smallest absolute Gasteiger partial charge is 0.267 e. The Labute approximate surface area is 321 Å². The van der Waals surface area contributed by atoms with Crippen molar-refractivity contribution in [2.45, 2.75) is 199 Å². The predicted molar refractivity (Wildman–Crippen MR) is 225 cm³/mol. The summed E-state index contributed by atoms with van der Waals surface area (Å²) in [5.74, 6) is -1.02. The van der Waals surface area contributed by atoms with Crippen molar-refractivity contribution in [2.75, 3.05) is 5.75 Å². The molecule has 2 atom stereocenters. The minimum Gasteiger partial charge on any atom is -0.387 e. The Morgan fingerprint density at radius 2 is 0.885 bits per heavy atom. The van der Waals surface area contributed by atoms with E-state index in [1.807, 2.05) is 0 Å². The molecule has 1 amide bonds. The molecule has 0 radical (unpaired) electrons. The molecule has 0 aromatic rings. The Balaban J connectivity index is 3.97. The van der Waals surface area contributed by atoms with Gasteiger partial charge in [-0.3, -0.25) is 9.35 Å². The molecule has 52 heavy (non-hydrogen) atoms. The highest BCUT2D eigenvalue weighted by Crippen LogP contribution is 2.12. The van der Waals surface area contributed by atoms with E-state index in [0.717, 1.165) is 64.2 Å². The van der Waals surface area contributed by atoms with Crippen LogP contribution in [-0.2, 0) is 14.9 Å². The first-order valence-electron chi connectivity index (χ1n) is 21.1. The Kier molecular flexibility index (Phi) is 36.9. The van der Waals surface area contributed by atoms with E-state index < -0.39 is 28.0 Å². The van der Waals surface area contributed by atoms with Gasteiger partial charge in [0.2, 0.25) is 5.91 Å². The van der Waals surface area contributed by atoms with Crippen LogP contribution in [0.2, 0.25) is 0 Å². The van der Waals surface area contributed by atoms with E-state index in [1.165, 1.54) is 96.0 Å². The first-order chi connectivity index (χ1) is 25.3. The van der Waals surface area contributed by atoms with Crippen LogP contribution in [0, 0.1) is 0 Å². The van der Waals surface area contributed by atoms with E-state index in [2.05, 4.69) is 79.9 Å². The number of carbonyl (C=O) groups excluding carboxylic acids is 1. The van der Waals surface area contributed by atoms with Crippen molar-refractivity contribution in [1.82, 2.24) is 5.32 Å². The van der Waals surface area contributed by atoms with Gasteiger partial charge in [0.15, 0.2) is 0 Å². The monoisotopic (exact) mass is 746 g/mol. The molecule has 2 unspecified atom stereocenters. The molecule has 0 saturated carbocycles. The van der Waals surface area contributed by atoms with Crippen molar-refractivity contribution >= 4 is 16.0 Å². The maximum atomic E-state index is 12.5. The second-order valence-corrected chi connectivity index (χ2v) is 15.7. The molecular formula is C45H79NO5S. The molecule has 300 valence electrons. The average Bonchev–Trinajstić information content (AvgIpc) is 3.11. The van der Waals surface area contributed by atoms with Gasteiger partial charge < -0.3 is 10.4 Å². The summed E-state index contributed by atoms with van der Waals surface area (Å²) >= 11 is 0. The minimum atomic E-state index is -4.36. The number of amides is 1. The van der Waals surface area contributed by atoms with Crippen LogP contribution in [0.15, 0.2) is 72.9 Å². The lowest BCUT2D eigenvalue weighted by Gasteiger charge is -2.21. The van der Waals surface area contributed by atoms with Gasteiger partial charge in [-0.25, -0.2) is 0 Å². The fourth-order valence-electron chi connectivity index (χ4n) is 5.90. The lowest BCUT2D eigenvalue weighted by molar-refractivity contribution is -0.122. The molecular weight excluding hydrogens is 667 g/mol. The summed E-state index contributed by atoms with van der Waals surface area (Å²) in [5.41, 5.74) is 0. The molecule has 0 heterocycles. The number of carbonyl (C=O) groups is 1. The quantitative estimate of drug-likeness (QED) is 0.0334. The normalized spacial score (nSPS) is 14.0. The summed E-state index contributed by atoms with van der Waals surface area (Å²) in [4.78, 5) is 12.5. The van der Waals surface area contributed by atoms with Crippen LogP contribution in [-0.4, -0.2) is 41.9 Å². The van der Waals surface area contributed by atoms with Gasteiger partial charge in [-0.15, -0.1) is 0 Å². The van der Waals surface area contributed by atoms with Crippen molar-refractivity contribution in [3.05, 3.63) is 72.9 Å². The number of aliphatic hydroxyl groups is 1. The first kappa shape index (κ1) is 49.8. The van der Waals surface area contributed by atoms with Crippen molar-refractivity contribution in [3.8, 4) is 0 Å². The van der Waals surface area contributed by atoms with Crippen LogP contribution in [0.4, 0.5) is 0 Å². The van der Waals surface area contributed by atoms with E-state index in [9.17, 15) is 22.9 Å². The van der Waals surface area contributed by atoms with Gasteiger partial charge in [-0.2, -0.15) is 8.42 Å². The highest BCUT2D eigenvalue weighted by molar-refractivity contribution is 7.85. The largest absolute Gasteiger partial charge is 0.387 e. The molecule has 0 spiro atoms. The fraction of sp³-hybridized carbons (Fsp3) is 0.711. The first-order valence-corrected chi connectivity index (χ1v) is 22.7. The zero-order chi connectivity index (χ0) is 38.2. The number of unbranched alkanes of at least 4 members (excludes halogenated alkanes) is 19. The van der Waals surface area contributed by atoms with Gasteiger partial charge in [-0.05, 0) is 83.5 Å². The van der Waals surface area contributed by atoms with Crippen molar-refractivity contribution < 1.29 is 22.9 Å². The van der Waals surface area contributed by atoms with Gasteiger partial charge in [0.25, 0.3) is 10.1 Å². The maximum absolute atomic E-state index is 12.5. The van der Waals surface area contributed by atoms with Crippen LogP contribution in [0.5, 0.6) is 0 Å². The van der Waals surface area contributed by atoms with Crippen molar-refractivity contribution in [1.29, 1.82) is 0 Å². The van der Waals surface area contributed by atoms with Gasteiger partial charge in [0.05, 0.1) is 17.9 Å². The highest BCUT2D eigenvalue weighted by atomic mass is 32.2. The SMILES string of the molecule is CCCCCC/C=C/CC/C=C/CC/C=C/C(O)C(CS(=O)(=O)O)NC(=O)CCCCCCCCCC/C=C\C/C=C\C/C=C\CCCCCCC. The number of allylic oxidation sites excluding steroid dienone is 11. The van der Waals surface area contributed by atoms with Crippen LogP contribution in [0.3, 0.4) is 0 Å². The number of nitrogens with one attached hydrogen (secondary N) is 1. The van der Waals surface area contributed by atoms with Crippen LogP contribution >= 0.6 is 0 Å². The second kappa shape index (κ2) is 38.5. The summed E-state index contributed by atoms with van der Waals surface area (Å²) in [7, 11) is -4.36. The molecule has 0 saturated heterocycles. The number of rotatable bonds is 37. The third-order valence-corrected chi connectivity index (χ3v) is 9.86. The third-order valence-electron chi connectivity index (χ3n) is 9.08. The molecule has 0 aliphatic carbocycles. The van der Waals surface area contributed by atoms with Crippen LogP contribution < -0.4 is 5.32 Å². The molecule has 0 rings (SSSR count). The van der Waals surface area contributed by atoms with Gasteiger partial charge in [0.1, 0.15) is 0 Å². The second-order valence-electron chi connectivity index (χ2n) is 14.2. The van der Waals surface area contributed by atoms with E-state index in [4.69, 9.17) is 0 Å². The zero-order valence-corrected chi connectivity index (χ0v) is 34.2. The Morgan fingerprint density at radius 3 is 1.37 bits per heavy atom. The summed E-state index contributed by atoms with van der Waals surface area (Å²) in [5, 5.41) is 13.2. The lowest BCUT2D eigenvalue weighted by atomic mass is 10.1. The molecule has 0 bridgehead atoms. The van der Waals surface area contributed by atoms with E-state index in [0.29, 0.717) is 12.8 Å². The summed E-state index contributed by atoms with van der Waals surface area (Å²) in [6.45, 7) is 4.48. The molecule has 6 nitrogen and oxygen atoms in total. The molecule has 3 N–H and O–H groups in total. The van der Waals surface area contributed by atoms with Gasteiger partial charge >= 0.3 is 0 Å². The predicted octanol–water partition coefficient (Wildman–Crippen LogP) is 12.6. The standard InChI is InChI=1S/C45H79NO5S/c1-3-5-7-9-11-13-15-17-19-20-21-22-23-24-25-26-27-29-31-33-35-37-39-41-45(48)46-43(42-52(49,50)51)44(47)40-38-36-34-32-30-28-18-16-14-12-10-8-6-4-2/h14-17,20-21,23-24,30,32,38,40,43-44,47H,3-13,18-19,22,25-29,31,33-37,39,41-42H2,1-2H3,(H,46,48)(H,49,50,51)/b16-14+,17-15-,21-20-,24-23-,32-30+,40-38+. The van der Waals surface area contributed by atoms with E-state index in [1.54, 1.807) is 6.08 Å². The fourth-order valence-corrected chi connectivity index (χ4v) is 6.63. The summed E-state index contributed by atoms with van der Waals surface area (Å²) < 4.78 is 32.5. The highest BCUT2D eigenvalue weighted by Gasteiger charge is 2.24. The van der Waals surface area contributed by atoms with Crippen molar-refractivity contribution in [3.63, 3.8) is 0 Å². The van der Waals surface area contributed by atoms with Gasteiger partial charge in [-0.1, -0.05) is 170 Å². The number of hydrogen-bond acceptors (Lipinski definition) is 4. The molecule has 0 fully saturated rings. The van der Waals surface area contributed by atoms with E-state index >= 15 is 0 Å². The topological polar surface area (TPSA) is 104 Å². The van der Waals surface area contributed by atoms with Gasteiger partial charge in [0, 0.05) is 6.42 Å². The number of aliphatic hydroxyl groups excluding tert-OH is 1.